The van der Waals surface area contributed by atoms with E-state index in [1.165, 1.54) is 9.75 Å². The number of rotatable bonds is 5. The lowest BCUT2D eigenvalue weighted by Gasteiger charge is -2.22. The van der Waals surface area contributed by atoms with Crippen molar-refractivity contribution in [1.82, 2.24) is 4.90 Å². The molecule has 17 heavy (non-hydrogen) atoms. The van der Waals surface area contributed by atoms with Crippen molar-refractivity contribution in [3.05, 3.63) is 20.3 Å². The van der Waals surface area contributed by atoms with Gasteiger partial charge in [-0.05, 0) is 49.9 Å². The normalized spacial score (nSPS) is 12.8. The summed E-state index contributed by atoms with van der Waals surface area (Å²) in [7, 11) is 3.96. The summed E-state index contributed by atoms with van der Waals surface area (Å²) in [4.78, 5) is 16.0. The molecule has 1 aromatic heterocycles. The van der Waals surface area contributed by atoms with E-state index in [1.807, 2.05) is 21.0 Å². The number of esters is 1. The molecule has 0 spiro atoms. The Labute approximate surface area is 115 Å². The maximum absolute atomic E-state index is 11.6. The van der Waals surface area contributed by atoms with Crippen LogP contribution in [0.5, 0.6) is 0 Å². The molecular weight excluding hydrogens is 302 g/mol. The number of hydrogen-bond donors (Lipinski definition) is 0. The van der Waals surface area contributed by atoms with Crippen molar-refractivity contribution in [3.63, 3.8) is 0 Å². The third-order valence-corrected chi connectivity index (χ3v) is 4.73. The maximum Gasteiger partial charge on any atom is 0.307 e. The summed E-state index contributed by atoms with van der Waals surface area (Å²) in [6.45, 7) is 4.33. The first-order chi connectivity index (χ1) is 7.95. The molecule has 3 nitrogen and oxygen atoms in total. The fourth-order valence-electron chi connectivity index (χ4n) is 1.56. The average Bonchev–Trinajstić information content (AvgIpc) is 2.55. The fourth-order valence-corrected chi connectivity index (χ4v) is 3.32. The van der Waals surface area contributed by atoms with Crippen LogP contribution in [0.3, 0.4) is 0 Å². The Morgan fingerprint density at radius 3 is 2.65 bits per heavy atom. The van der Waals surface area contributed by atoms with Crippen LogP contribution in [0.4, 0.5) is 0 Å². The van der Waals surface area contributed by atoms with E-state index in [2.05, 4.69) is 33.8 Å². The van der Waals surface area contributed by atoms with E-state index in [1.54, 1.807) is 11.3 Å². The number of ether oxygens (including phenoxy) is 1. The predicted molar refractivity (Wildman–Crippen MR) is 74.4 cm³/mol. The molecule has 1 aromatic rings. The molecular formula is C12H18BrNO2S. The van der Waals surface area contributed by atoms with E-state index >= 15 is 0 Å². The number of thiophene rings is 1. The quantitative estimate of drug-likeness (QED) is 0.779. The minimum Gasteiger partial charge on any atom is -0.466 e. The highest BCUT2D eigenvalue weighted by Gasteiger charge is 2.21. The van der Waals surface area contributed by atoms with E-state index in [9.17, 15) is 4.79 Å². The van der Waals surface area contributed by atoms with Crippen LogP contribution in [0.2, 0.25) is 0 Å². The van der Waals surface area contributed by atoms with Crippen molar-refractivity contribution in [2.24, 2.45) is 0 Å². The molecule has 1 unspecified atom stereocenters. The first kappa shape index (κ1) is 14.7. The molecule has 0 bridgehead atoms. The van der Waals surface area contributed by atoms with E-state index < -0.39 is 0 Å². The molecule has 1 heterocycles. The zero-order chi connectivity index (χ0) is 13.0. The van der Waals surface area contributed by atoms with E-state index in [0.717, 1.165) is 4.47 Å². The van der Waals surface area contributed by atoms with Crippen LogP contribution < -0.4 is 0 Å². The van der Waals surface area contributed by atoms with Crippen LogP contribution in [-0.2, 0) is 9.53 Å². The van der Waals surface area contributed by atoms with E-state index in [-0.39, 0.29) is 12.0 Å². The van der Waals surface area contributed by atoms with Crippen LogP contribution in [0, 0.1) is 6.92 Å². The number of aryl methyl sites for hydroxylation is 1. The standard InChI is InChI=1S/C12H18BrNO2S/c1-5-16-12(15)7-10(14(3)4)11-6-9(13)8(2)17-11/h6,10H,5,7H2,1-4H3. The zero-order valence-electron chi connectivity index (χ0n) is 10.6. The summed E-state index contributed by atoms with van der Waals surface area (Å²) in [6, 6.07) is 2.17. The first-order valence-corrected chi connectivity index (χ1v) is 7.14. The summed E-state index contributed by atoms with van der Waals surface area (Å²) in [5.41, 5.74) is 0. The number of nitrogens with zero attached hydrogens (tertiary/aromatic N) is 1. The third-order valence-electron chi connectivity index (χ3n) is 2.49. The summed E-state index contributed by atoms with van der Waals surface area (Å²) in [5, 5.41) is 0. The molecule has 5 heteroatoms. The molecule has 0 radical (unpaired) electrons. The van der Waals surface area contributed by atoms with Gasteiger partial charge in [0.15, 0.2) is 0 Å². The van der Waals surface area contributed by atoms with Gasteiger partial charge in [0.25, 0.3) is 0 Å². The second kappa shape index (κ2) is 6.52. The molecule has 96 valence electrons. The Balaban J connectivity index is 2.82. The minimum atomic E-state index is -0.145. The molecule has 0 aliphatic heterocycles. The fraction of sp³-hybridized carbons (Fsp3) is 0.583. The Hall–Kier alpha value is -0.390. The third kappa shape index (κ3) is 4.08. The van der Waals surface area contributed by atoms with Crippen LogP contribution in [0.25, 0.3) is 0 Å². The van der Waals surface area contributed by atoms with Gasteiger partial charge in [0.2, 0.25) is 0 Å². The van der Waals surface area contributed by atoms with Crippen molar-refractivity contribution < 1.29 is 9.53 Å². The van der Waals surface area contributed by atoms with Crippen molar-refractivity contribution in [2.45, 2.75) is 26.3 Å². The molecule has 1 atom stereocenters. The molecule has 0 saturated carbocycles. The van der Waals surface area contributed by atoms with Gasteiger partial charge in [-0.1, -0.05) is 0 Å². The lowest BCUT2D eigenvalue weighted by Crippen LogP contribution is -2.23. The summed E-state index contributed by atoms with van der Waals surface area (Å²) in [6.07, 6.45) is 0.396. The monoisotopic (exact) mass is 319 g/mol. The average molecular weight is 320 g/mol. The molecule has 0 aromatic carbocycles. The van der Waals surface area contributed by atoms with E-state index in [0.29, 0.717) is 13.0 Å². The first-order valence-electron chi connectivity index (χ1n) is 5.53. The van der Waals surface area contributed by atoms with Crippen LogP contribution in [0.1, 0.15) is 29.1 Å². The molecule has 0 saturated heterocycles. The molecule has 0 aliphatic carbocycles. The van der Waals surface area contributed by atoms with Gasteiger partial charge in [-0.15, -0.1) is 11.3 Å². The van der Waals surface area contributed by atoms with Crippen molar-refractivity contribution in [3.8, 4) is 0 Å². The molecule has 0 aliphatic rings. The largest absolute Gasteiger partial charge is 0.466 e. The highest BCUT2D eigenvalue weighted by molar-refractivity contribution is 9.10. The molecule has 1 rings (SSSR count). The van der Waals surface area contributed by atoms with Crippen LogP contribution in [0.15, 0.2) is 10.5 Å². The zero-order valence-corrected chi connectivity index (χ0v) is 13.0. The summed E-state index contributed by atoms with van der Waals surface area (Å²) >= 11 is 5.22. The minimum absolute atomic E-state index is 0.0871. The number of carbonyl (C=O) groups is 1. The van der Waals surface area contributed by atoms with Crippen molar-refractivity contribution >= 4 is 33.2 Å². The lowest BCUT2D eigenvalue weighted by molar-refractivity contribution is -0.144. The highest BCUT2D eigenvalue weighted by atomic mass is 79.9. The van der Waals surface area contributed by atoms with Crippen LogP contribution >= 0.6 is 27.3 Å². The van der Waals surface area contributed by atoms with Crippen LogP contribution in [-0.4, -0.2) is 31.6 Å². The maximum atomic E-state index is 11.6. The van der Waals surface area contributed by atoms with Crippen molar-refractivity contribution in [2.75, 3.05) is 20.7 Å². The highest BCUT2D eigenvalue weighted by Crippen LogP contribution is 2.34. The number of halogens is 1. The Morgan fingerprint density at radius 1 is 1.59 bits per heavy atom. The van der Waals surface area contributed by atoms with Gasteiger partial charge >= 0.3 is 5.97 Å². The van der Waals surface area contributed by atoms with Gasteiger partial charge in [-0.25, -0.2) is 0 Å². The van der Waals surface area contributed by atoms with E-state index in [4.69, 9.17) is 4.74 Å². The van der Waals surface area contributed by atoms with Gasteiger partial charge < -0.3 is 9.64 Å². The number of hydrogen-bond acceptors (Lipinski definition) is 4. The SMILES string of the molecule is CCOC(=O)CC(c1cc(Br)c(C)s1)N(C)C. The Bertz CT molecular complexity index is 370. The smallest absolute Gasteiger partial charge is 0.307 e. The summed E-state index contributed by atoms with van der Waals surface area (Å²) in [5.74, 6) is -0.145. The Morgan fingerprint density at radius 2 is 2.24 bits per heavy atom. The second-order valence-corrected chi connectivity index (χ2v) is 6.18. The van der Waals surface area contributed by atoms with Gasteiger partial charge in [-0.2, -0.15) is 0 Å². The molecule has 0 fully saturated rings. The number of carbonyl (C=O) groups excluding carboxylic acids is 1. The second-order valence-electron chi connectivity index (χ2n) is 4.04. The molecule has 0 N–H and O–H groups in total. The predicted octanol–water partition coefficient (Wildman–Crippen LogP) is 3.37. The lowest BCUT2D eigenvalue weighted by atomic mass is 10.1. The van der Waals surface area contributed by atoms with Gasteiger partial charge in [0.1, 0.15) is 0 Å². The summed E-state index contributed by atoms with van der Waals surface area (Å²) < 4.78 is 6.11. The topological polar surface area (TPSA) is 29.5 Å². The van der Waals surface area contributed by atoms with Gasteiger partial charge in [-0.3, -0.25) is 4.79 Å². The van der Waals surface area contributed by atoms with Crippen molar-refractivity contribution in [1.29, 1.82) is 0 Å². The van der Waals surface area contributed by atoms with Gasteiger partial charge in [0, 0.05) is 14.2 Å². The van der Waals surface area contributed by atoms with Gasteiger partial charge in [0.05, 0.1) is 19.1 Å². The molecule has 0 amide bonds. The Kier molecular flexibility index (Phi) is 5.62.